The van der Waals surface area contributed by atoms with Crippen molar-refractivity contribution in [2.75, 3.05) is 7.05 Å². The summed E-state index contributed by atoms with van der Waals surface area (Å²) in [5.41, 5.74) is 2.84. The smallest absolute Gasteiger partial charge is 0.279 e. The van der Waals surface area contributed by atoms with Crippen LogP contribution in [0.15, 0.2) is 83.7 Å². The van der Waals surface area contributed by atoms with E-state index in [1.807, 2.05) is 78.9 Å². The van der Waals surface area contributed by atoms with Crippen LogP contribution in [0.4, 0.5) is 0 Å². The molecular formula is C22H17N3O2. The summed E-state index contributed by atoms with van der Waals surface area (Å²) >= 11 is 0. The lowest BCUT2D eigenvalue weighted by Gasteiger charge is -2.11. The van der Waals surface area contributed by atoms with Crippen molar-refractivity contribution in [1.29, 1.82) is 0 Å². The summed E-state index contributed by atoms with van der Waals surface area (Å²) in [7, 11) is 1.44. The van der Waals surface area contributed by atoms with Crippen molar-refractivity contribution in [3.8, 4) is 16.9 Å². The lowest BCUT2D eigenvalue weighted by Crippen LogP contribution is -2.22. The van der Waals surface area contributed by atoms with E-state index in [1.165, 1.54) is 17.9 Å². The van der Waals surface area contributed by atoms with Gasteiger partial charge in [-0.15, -0.1) is 0 Å². The van der Waals surface area contributed by atoms with Crippen LogP contribution >= 0.6 is 0 Å². The Kier molecular flexibility index (Phi) is 4.26. The van der Waals surface area contributed by atoms with Crippen molar-refractivity contribution in [2.45, 2.75) is 0 Å². The molecule has 4 rings (SSSR count). The Hall–Kier alpha value is -3.73. The van der Waals surface area contributed by atoms with Gasteiger partial charge < -0.3 is 5.21 Å². The molecule has 0 fully saturated rings. The minimum absolute atomic E-state index is 0.164. The van der Waals surface area contributed by atoms with Gasteiger partial charge in [0.05, 0.1) is 16.8 Å². The molecule has 0 saturated carbocycles. The molecule has 0 atom stereocenters. The minimum Gasteiger partial charge on any atom is -0.624 e. The zero-order chi connectivity index (χ0) is 18.8. The molecule has 0 bridgehead atoms. The molecule has 5 heteroatoms. The van der Waals surface area contributed by atoms with Crippen LogP contribution in [-0.2, 0) is 0 Å². The van der Waals surface area contributed by atoms with Gasteiger partial charge in [0, 0.05) is 16.5 Å². The number of nitrogens with zero attached hydrogens (tertiary/aromatic N) is 3. The summed E-state index contributed by atoms with van der Waals surface area (Å²) in [4.78, 5) is 13.0. The van der Waals surface area contributed by atoms with E-state index in [-0.39, 0.29) is 5.56 Å². The predicted molar refractivity (Wildman–Crippen MR) is 107 cm³/mol. The molecule has 5 nitrogen and oxygen atoms in total. The number of hydrogen-bond donors (Lipinski definition) is 0. The molecule has 0 saturated heterocycles. The van der Waals surface area contributed by atoms with Crippen LogP contribution in [-0.4, -0.2) is 27.8 Å². The number of rotatable bonds is 3. The molecule has 0 unspecified atom stereocenters. The Labute approximate surface area is 156 Å². The van der Waals surface area contributed by atoms with Crippen LogP contribution in [0, 0.1) is 5.21 Å². The second kappa shape index (κ2) is 6.88. The molecule has 0 spiro atoms. The molecule has 0 aliphatic rings. The summed E-state index contributed by atoms with van der Waals surface area (Å²) < 4.78 is 2.18. The van der Waals surface area contributed by atoms with Gasteiger partial charge in [-0.1, -0.05) is 48.5 Å². The SMILES string of the molecule is C/[N+]([O-])=C/c1cccc(-c2nn(-c3ccccc3)c(=O)c3ccccc23)c1. The summed E-state index contributed by atoms with van der Waals surface area (Å²) in [6, 6.07) is 24.3. The molecule has 1 aromatic heterocycles. The fraction of sp³-hybridized carbons (Fsp3) is 0.0455. The number of aromatic nitrogens is 2. The first-order valence-corrected chi connectivity index (χ1v) is 8.56. The standard InChI is InChI=1S/C22H17N3O2/c1-24(27)15-16-8-7-9-17(14-16)21-19-12-5-6-13-20(19)22(26)25(23-21)18-10-3-2-4-11-18/h2-15H,1H3/b24-15-. The van der Waals surface area contributed by atoms with Crippen molar-refractivity contribution < 1.29 is 4.74 Å². The Morgan fingerprint density at radius 1 is 0.926 bits per heavy atom. The topological polar surface area (TPSA) is 61.0 Å². The second-order valence-corrected chi connectivity index (χ2v) is 6.25. The third-order valence-corrected chi connectivity index (χ3v) is 4.30. The molecule has 27 heavy (non-hydrogen) atoms. The van der Waals surface area contributed by atoms with Gasteiger partial charge in [-0.25, -0.2) is 4.74 Å². The van der Waals surface area contributed by atoms with Crippen LogP contribution in [0.25, 0.3) is 27.7 Å². The summed E-state index contributed by atoms with van der Waals surface area (Å²) in [6.45, 7) is 0. The second-order valence-electron chi connectivity index (χ2n) is 6.25. The number of benzene rings is 3. The molecule has 0 amide bonds. The maximum atomic E-state index is 13.0. The molecule has 132 valence electrons. The van der Waals surface area contributed by atoms with Gasteiger partial charge in [0.1, 0.15) is 7.05 Å². The highest BCUT2D eigenvalue weighted by Gasteiger charge is 2.13. The maximum absolute atomic E-state index is 13.0. The van der Waals surface area contributed by atoms with Gasteiger partial charge in [-0.05, 0) is 30.3 Å². The highest BCUT2D eigenvalue weighted by atomic mass is 16.5. The van der Waals surface area contributed by atoms with E-state index in [9.17, 15) is 10.0 Å². The zero-order valence-electron chi connectivity index (χ0n) is 14.7. The summed E-state index contributed by atoms with van der Waals surface area (Å²) in [6.07, 6.45) is 1.50. The Morgan fingerprint density at radius 3 is 2.37 bits per heavy atom. The van der Waals surface area contributed by atoms with E-state index in [1.54, 1.807) is 0 Å². The number of para-hydroxylation sites is 1. The third-order valence-electron chi connectivity index (χ3n) is 4.30. The first-order chi connectivity index (χ1) is 13.1. The van der Waals surface area contributed by atoms with Crippen LogP contribution in [0.2, 0.25) is 0 Å². The highest BCUT2D eigenvalue weighted by Crippen LogP contribution is 2.25. The van der Waals surface area contributed by atoms with Gasteiger partial charge in [-0.3, -0.25) is 4.79 Å². The van der Waals surface area contributed by atoms with Gasteiger partial charge in [0.15, 0.2) is 6.21 Å². The number of hydroxylamine groups is 1. The van der Waals surface area contributed by atoms with E-state index in [2.05, 4.69) is 5.10 Å². The molecule has 0 N–H and O–H groups in total. The first-order valence-electron chi connectivity index (χ1n) is 8.56. The third kappa shape index (κ3) is 3.22. The molecular weight excluding hydrogens is 338 g/mol. The number of hydrogen-bond acceptors (Lipinski definition) is 3. The Balaban J connectivity index is 2.02. The van der Waals surface area contributed by atoms with Crippen LogP contribution in [0.3, 0.4) is 0 Å². The van der Waals surface area contributed by atoms with E-state index >= 15 is 0 Å². The van der Waals surface area contributed by atoms with Gasteiger partial charge in [-0.2, -0.15) is 9.78 Å². The summed E-state index contributed by atoms with van der Waals surface area (Å²) in [5.74, 6) is 0. The average molecular weight is 355 g/mol. The lowest BCUT2D eigenvalue weighted by molar-refractivity contribution is -0.416. The largest absolute Gasteiger partial charge is 0.624 e. The van der Waals surface area contributed by atoms with E-state index < -0.39 is 0 Å². The fourth-order valence-corrected chi connectivity index (χ4v) is 3.12. The van der Waals surface area contributed by atoms with Crippen molar-refractivity contribution in [3.63, 3.8) is 0 Å². The molecule has 0 aliphatic carbocycles. The van der Waals surface area contributed by atoms with E-state index in [4.69, 9.17) is 0 Å². The molecule has 0 aliphatic heterocycles. The molecule has 3 aromatic carbocycles. The van der Waals surface area contributed by atoms with Crippen LogP contribution < -0.4 is 5.56 Å². The number of fused-ring (bicyclic) bond motifs is 1. The van der Waals surface area contributed by atoms with E-state index in [0.717, 1.165) is 21.3 Å². The van der Waals surface area contributed by atoms with Crippen LogP contribution in [0.5, 0.6) is 0 Å². The maximum Gasteiger partial charge on any atom is 0.279 e. The van der Waals surface area contributed by atoms with E-state index in [0.29, 0.717) is 16.8 Å². The zero-order valence-corrected chi connectivity index (χ0v) is 14.7. The quantitative estimate of drug-likeness (QED) is 0.244. The van der Waals surface area contributed by atoms with Crippen LogP contribution in [0.1, 0.15) is 5.56 Å². The lowest BCUT2D eigenvalue weighted by atomic mass is 10.0. The normalized spacial score (nSPS) is 11.7. The molecule has 1 heterocycles. The monoisotopic (exact) mass is 355 g/mol. The molecule has 4 aromatic rings. The van der Waals surface area contributed by atoms with Gasteiger partial charge in [0.2, 0.25) is 0 Å². The van der Waals surface area contributed by atoms with Gasteiger partial charge >= 0.3 is 0 Å². The average Bonchev–Trinajstić information content (AvgIpc) is 2.69. The van der Waals surface area contributed by atoms with Crippen molar-refractivity contribution in [3.05, 3.63) is 100.0 Å². The highest BCUT2D eigenvalue weighted by molar-refractivity contribution is 5.94. The predicted octanol–water partition coefficient (Wildman–Crippen LogP) is 3.61. The van der Waals surface area contributed by atoms with Gasteiger partial charge in [0.25, 0.3) is 5.56 Å². The summed E-state index contributed by atoms with van der Waals surface area (Å²) in [5, 5.41) is 17.4. The Morgan fingerprint density at radius 2 is 1.63 bits per heavy atom. The Bertz CT molecular complexity index is 1210. The molecule has 0 radical (unpaired) electrons. The van der Waals surface area contributed by atoms with Crippen molar-refractivity contribution >= 4 is 17.0 Å². The van der Waals surface area contributed by atoms with Crippen molar-refractivity contribution in [1.82, 2.24) is 9.78 Å². The van der Waals surface area contributed by atoms with Crippen molar-refractivity contribution in [2.24, 2.45) is 0 Å². The first kappa shape index (κ1) is 16.7. The minimum atomic E-state index is -0.164. The fourth-order valence-electron chi connectivity index (χ4n) is 3.12.